The summed E-state index contributed by atoms with van der Waals surface area (Å²) in [5, 5.41) is 5.22. The summed E-state index contributed by atoms with van der Waals surface area (Å²) < 4.78 is 84.5. The number of fused-ring (bicyclic) bond motifs is 5. The number of halogens is 5. The number of ether oxygens (including phenoxy) is 1. The van der Waals surface area contributed by atoms with E-state index in [1.165, 1.54) is 28.0 Å². The van der Waals surface area contributed by atoms with Gasteiger partial charge in [-0.1, -0.05) is 55.5 Å². The van der Waals surface area contributed by atoms with Crippen molar-refractivity contribution in [2.24, 2.45) is 11.3 Å². The molecule has 7 heterocycles. The molecule has 0 unspecified atom stereocenters. The fourth-order valence-corrected chi connectivity index (χ4v) is 14.3. The van der Waals surface area contributed by atoms with Gasteiger partial charge in [0.25, 0.3) is 11.8 Å². The molecule has 1 aromatic heterocycles. The first-order chi connectivity index (χ1) is 37.9. The quantitative estimate of drug-likeness (QED) is 0.0567. The van der Waals surface area contributed by atoms with Crippen molar-refractivity contribution in [1.29, 1.82) is 0 Å². The van der Waals surface area contributed by atoms with E-state index in [2.05, 4.69) is 41.3 Å². The van der Waals surface area contributed by atoms with Crippen molar-refractivity contribution in [2.75, 3.05) is 43.1 Å². The van der Waals surface area contributed by atoms with Crippen LogP contribution in [0.3, 0.4) is 0 Å². The van der Waals surface area contributed by atoms with Gasteiger partial charge >= 0.3 is 14.0 Å². The third-order valence-corrected chi connectivity index (χ3v) is 18.4. The first-order valence-electron chi connectivity index (χ1n) is 26.8. The Balaban J connectivity index is 0.903. The number of benzene rings is 3. The summed E-state index contributed by atoms with van der Waals surface area (Å²) in [6.45, 7) is 5.89. The summed E-state index contributed by atoms with van der Waals surface area (Å²) in [5.74, 6) is 2.45. The number of likely N-dealkylation sites (tertiary alicyclic amines) is 2. The molecule has 4 aromatic rings. The van der Waals surface area contributed by atoms with Crippen molar-refractivity contribution in [3.63, 3.8) is 0 Å². The highest BCUT2D eigenvalue weighted by Crippen LogP contribution is 2.68. The van der Waals surface area contributed by atoms with Crippen molar-refractivity contribution in [3.05, 3.63) is 117 Å². The fourth-order valence-electron chi connectivity index (χ4n) is 13.8. The zero-order chi connectivity index (χ0) is 56.8. The molecule has 1 aliphatic carbocycles. The lowest BCUT2D eigenvalue weighted by Gasteiger charge is -2.54. The van der Waals surface area contributed by atoms with Crippen molar-refractivity contribution < 1.29 is 65.1 Å². The summed E-state index contributed by atoms with van der Waals surface area (Å²) in [4.78, 5) is 99.3. The maximum atomic E-state index is 17.1. The van der Waals surface area contributed by atoms with E-state index in [0.29, 0.717) is 55.5 Å². The number of piperidine rings is 2. The van der Waals surface area contributed by atoms with Crippen LogP contribution in [0.2, 0.25) is 5.02 Å². The van der Waals surface area contributed by atoms with E-state index in [4.69, 9.17) is 20.9 Å². The van der Waals surface area contributed by atoms with E-state index in [0.717, 1.165) is 18.7 Å². The minimum absolute atomic E-state index is 0.00749. The third kappa shape index (κ3) is 9.72. The predicted octanol–water partition coefficient (Wildman–Crippen LogP) is 8.30. The Kier molecular flexibility index (Phi) is 14.3. The van der Waals surface area contributed by atoms with Gasteiger partial charge in [-0.2, -0.15) is 13.2 Å². The van der Waals surface area contributed by atoms with Gasteiger partial charge < -0.3 is 34.5 Å². The molecule has 23 heteroatoms. The van der Waals surface area contributed by atoms with Crippen LogP contribution in [-0.2, 0) is 41.6 Å². The molecular formula is C57H59ClF4N7O10P. The molecule has 6 atom stereocenters. The maximum absolute atomic E-state index is 17.1. The average molecular weight is 1140 g/mol. The van der Waals surface area contributed by atoms with Crippen LogP contribution in [0, 0.1) is 29.0 Å². The predicted molar refractivity (Wildman–Crippen MR) is 284 cm³/mol. The topological polar surface area (TPSA) is 211 Å². The summed E-state index contributed by atoms with van der Waals surface area (Å²) >= 11 is 6.55. The van der Waals surface area contributed by atoms with E-state index >= 15 is 9.18 Å². The second kappa shape index (κ2) is 20.5. The number of carbonyl (C=O) groups is 5. The van der Waals surface area contributed by atoms with Crippen molar-refractivity contribution in [1.82, 2.24) is 25.0 Å². The molecule has 0 bridgehead atoms. The number of amides is 5. The molecule has 6 aliphatic heterocycles. The number of nitrogens with one attached hydrogen (secondary N) is 2. The summed E-state index contributed by atoms with van der Waals surface area (Å²) in [6.07, 6.45) is -0.535. The number of phosphoric ester groups is 1. The van der Waals surface area contributed by atoms with Crippen LogP contribution in [0.5, 0.6) is 5.75 Å². The Bertz CT molecular complexity index is 3360. The first-order valence-corrected chi connectivity index (χ1v) is 28.7. The highest BCUT2D eigenvalue weighted by molar-refractivity contribution is 7.46. The number of imide groups is 1. The fraction of sp³-hybridized carbons (Fsp3) is 0.474. The monoisotopic (exact) mass is 1140 g/mol. The van der Waals surface area contributed by atoms with Gasteiger partial charge in [-0.15, -0.1) is 0 Å². The Morgan fingerprint density at radius 3 is 2.51 bits per heavy atom. The van der Waals surface area contributed by atoms with Crippen LogP contribution in [0.15, 0.2) is 66.9 Å². The number of hydrogen-bond donors (Lipinski definition) is 4. The van der Waals surface area contributed by atoms with Gasteiger partial charge in [0, 0.05) is 90.0 Å². The maximum Gasteiger partial charge on any atom is 0.470 e. The minimum atomic E-state index is -5.28. The van der Waals surface area contributed by atoms with Crippen LogP contribution >= 0.6 is 19.4 Å². The number of anilines is 2. The summed E-state index contributed by atoms with van der Waals surface area (Å²) in [5.41, 5.74) is -1.59. The van der Waals surface area contributed by atoms with Gasteiger partial charge in [-0.25, -0.2) is 8.96 Å². The number of pyridine rings is 1. The number of hydrogen-bond acceptors (Lipinski definition) is 11. The molecule has 3 aromatic carbocycles. The highest BCUT2D eigenvalue weighted by Gasteiger charge is 2.73. The number of phosphoric acid groups is 1. The molecule has 7 aliphatic rings. The molecule has 1 saturated carbocycles. The SMILES string of the molecule is C[C@@H]1CN(C(=O)[C@H]2[C@H](c3cccc(Cl)c3F)[C@]3(CNc4cc(C(F)(F)F)ncc43)C3(CCC(C)(C)CC3)N2COP(=O)(O)O)c2ccc(C(=O)N3CCC[C@@H](CC#Cc4cccc5c4CN([C@H]4CCC(=O)NC4=O)C5=O)C3)cc2O1. The molecule has 2 spiro atoms. The lowest BCUT2D eigenvalue weighted by atomic mass is 9.53. The summed E-state index contributed by atoms with van der Waals surface area (Å²) in [6, 6.07) is 13.0. The van der Waals surface area contributed by atoms with Crippen LogP contribution in [0.25, 0.3) is 0 Å². The number of carbonyl (C=O) groups excluding carboxylic acids is 5. The smallest absolute Gasteiger partial charge is 0.470 e. The van der Waals surface area contributed by atoms with E-state index in [9.17, 15) is 46.7 Å². The van der Waals surface area contributed by atoms with Gasteiger partial charge in [-0.3, -0.25) is 43.7 Å². The second-order valence-electron chi connectivity index (χ2n) is 23.0. The number of rotatable bonds is 8. The van der Waals surface area contributed by atoms with Gasteiger partial charge in [0.2, 0.25) is 17.7 Å². The number of aromatic nitrogens is 1. The molecule has 80 heavy (non-hydrogen) atoms. The molecule has 0 radical (unpaired) electrons. The van der Waals surface area contributed by atoms with Crippen LogP contribution in [-0.4, -0.2) is 116 Å². The van der Waals surface area contributed by atoms with Crippen LogP contribution < -0.4 is 20.3 Å². The Morgan fingerprint density at radius 1 is 1.01 bits per heavy atom. The molecule has 11 rings (SSSR count). The molecule has 5 amide bonds. The Labute approximate surface area is 463 Å². The molecule has 4 N–H and O–H groups in total. The van der Waals surface area contributed by atoms with Gasteiger partial charge in [0.1, 0.15) is 36.1 Å². The van der Waals surface area contributed by atoms with E-state index in [-0.39, 0.29) is 113 Å². The third-order valence-electron chi connectivity index (χ3n) is 17.7. The van der Waals surface area contributed by atoms with E-state index in [1.807, 2.05) is 6.07 Å². The van der Waals surface area contributed by atoms with E-state index < -0.39 is 79.1 Å². The zero-order valence-corrected chi connectivity index (χ0v) is 45.7. The lowest BCUT2D eigenvalue weighted by Crippen LogP contribution is -2.62. The molecule has 17 nitrogen and oxygen atoms in total. The standard InChI is InChI=1S/C57H59ClF4N7O10P/c1-32-27-67(42-16-15-35(24-44(42)79-32)51(72)66-23-7-9-33(28-66)8-4-10-34-11-5-12-36-38(34)29-68(52(36)73)43-17-18-46(70)65-50(43)71)53(74)49-47(37-13-6-14-40(58)48(37)59)56(30-64-41-25-45(57(60,61)62)63-26-39(41)56)55(21-19-54(2,3)20-22-55)69(49)31-78-80(75,76)77/h5-6,11-16,24-26,32-33,43,47,49,64H,7-9,17-23,27-31H2,1-3H3,(H,65,70,71)(H2,75,76,77)/t32-,33-,43+,47+,49-,56-/m1/s1. The second-order valence-corrected chi connectivity index (χ2v) is 24.6. The van der Waals surface area contributed by atoms with Crippen molar-refractivity contribution >= 4 is 60.3 Å². The Morgan fingerprint density at radius 2 is 1.77 bits per heavy atom. The van der Waals surface area contributed by atoms with Gasteiger partial charge in [0.15, 0.2) is 0 Å². The molecule has 422 valence electrons. The molecule has 4 fully saturated rings. The molecular weight excluding hydrogens is 1090 g/mol. The van der Waals surface area contributed by atoms with Crippen molar-refractivity contribution in [2.45, 2.75) is 126 Å². The zero-order valence-electron chi connectivity index (χ0n) is 44.1. The average Bonchev–Trinajstić information content (AvgIpc) is 4.17. The van der Waals surface area contributed by atoms with Gasteiger partial charge in [-0.05, 0) is 117 Å². The highest BCUT2D eigenvalue weighted by atomic mass is 35.5. The van der Waals surface area contributed by atoms with E-state index in [1.54, 1.807) is 47.1 Å². The number of alkyl halides is 3. The normalized spacial score (nSPS) is 26.1. The minimum Gasteiger partial charge on any atom is -0.487 e. The largest absolute Gasteiger partial charge is 0.487 e. The Hall–Kier alpha value is -6.40. The van der Waals surface area contributed by atoms with Crippen LogP contribution in [0.4, 0.5) is 28.9 Å². The van der Waals surface area contributed by atoms with Crippen molar-refractivity contribution in [3.8, 4) is 17.6 Å². The number of nitrogens with zero attached hydrogens (tertiary/aromatic N) is 5. The summed E-state index contributed by atoms with van der Waals surface area (Å²) in [7, 11) is -5.28. The first kappa shape index (κ1) is 55.5. The molecule has 3 saturated heterocycles. The van der Waals surface area contributed by atoms with Gasteiger partial charge in [0.05, 0.1) is 23.3 Å². The van der Waals surface area contributed by atoms with Crippen LogP contribution in [0.1, 0.15) is 133 Å². The lowest BCUT2D eigenvalue weighted by molar-refractivity contribution is -0.141.